The van der Waals surface area contributed by atoms with E-state index in [1.165, 1.54) is 67.6 Å². The number of benzene rings is 1. The Bertz CT molecular complexity index is 606. The summed E-state index contributed by atoms with van der Waals surface area (Å²) in [6.07, 6.45) is 4.76. The first-order valence-electron chi connectivity index (χ1n) is 8.09. The van der Waals surface area contributed by atoms with E-state index in [9.17, 15) is 0 Å². The number of aryl methyl sites for hydroxylation is 3. The molecule has 0 unspecified atom stereocenters. The highest BCUT2D eigenvalue weighted by molar-refractivity contribution is 5.84. The number of aromatic nitrogens is 1. The molecule has 0 spiro atoms. The van der Waals surface area contributed by atoms with E-state index in [1.807, 2.05) is 0 Å². The SMILES string of the molecule is Cc1ccc2c(c1)c(CCCN1CCN(C)CC1)cn2C. The molecular weight excluding hydrogens is 258 g/mol. The largest absolute Gasteiger partial charge is 0.350 e. The predicted octanol–water partition coefficient (Wildman–Crippen LogP) is 2.67. The maximum absolute atomic E-state index is 2.61. The molecule has 2 aromatic rings. The predicted molar refractivity (Wildman–Crippen MR) is 89.9 cm³/mol. The first kappa shape index (κ1) is 14.6. The minimum Gasteiger partial charge on any atom is -0.350 e. The number of fused-ring (bicyclic) bond motifs is 1. The Hall–Kier alpha value is -1.32. The molecule has 0 atom stereocenters. The maximum atomic E-state index is 2.61. The molecule has 1 aliphatic rings. The van der Waals surface area contributed by atoms with Crippen LogP contribution in [0, 0.1) is 6.92 Å². The van der Waals surface area contributed by atoms with Gasteiger partial charge in [-0.3, -0.25) is 0 Å². The molecule has 3 nitrogen and oxygen atoms in total. The van der Waals surface area contributed by atoms with E-state index in [0.717, 1.165) is 0 Å². The van der Waals surface area contributed by atoms with Crippen LogP contribution >= 0.6 is 0 Å². The number of hydrogen-bond donors (Lipinski definition) is 0. The topological polar surface area (TPSA) is 11.4 Å². The van der Waals surface area contributed by atoms with Gasteiger partial charge in [-0.1, -0.05) is 11.6 Å². The van der Waals surface area contributed by atoms with Crippen molar-refractivity contribution in [3.63, 3.8) is 0 Å². The molecule has 3 rings (SSSR count). The van der Waals surface area contributed by atoms with E-state index in [0.29, 0.717) is 0 Å². The molecule has 0 aliphatic carbocycles. The molecule has 1 aliphatic heterocycles. The van der Waals surface area contributed by atoms with Crippen LogP contribution in [0.2, 0.25) is 0 Å². The van der Waals surface area contributed by atoms with Crippen molar-refractivity contribution in [2.45, 2.75) is 19.8 Å². The average molecular weight is 285 g/mol. The Balaban J connectivity index is 1.62. The number of likely N-dealkylation sites (N-methyl/N-ethyl adjacent to an activating group) is 1. The maximum Gasteiger partial charge on any atom is 0.0480 e. The van der Waals surface area contributed by atoms with Crippen LogP contribution in [0.1, 0.15) is 17.5 Å². The number of rotatable bonds is 4. The van der Waals surface area contributed by atoms with Crippen LogP contribution in [0.3, 0.4) is 0 Å². The summed E-state index contributed by atoms with van der Waals surface area (Å²) < 4.78 is 2.26. The van der Waals surface area contributed by atoms with Gasteiger partial charge >= 0.3 is 0 Å². The van der Waals surface area contributed by atoms with Gasteiger partial charge in [0.25, 0.3) is 0 Å². The highest BCUT2D eigenvalue weighted by Crippen LogP contribution is 2.23. The highest BCUT2D eigenvalue weighted by Gasteiger charge is 2.13. The number of hydrogen-bond acceptors (Lipinski definition) is 2. The summed E-state index contributed by atoms with van der Waals surface area (Å²) >= 11 is 0. The smallest absolute Gasteiger partial charge is 0.0480 e. The molecule has 0 N–H and O–H groups in total. The third-order valence-corrected chi connectivity index (χ3v) is 4.74. The molecule has 0 radical (unpaired) electrons. The third-order valence-electron chi connectivity index (χ3n) is 4.74. The Morgan fingerprint density at radius 3 is 2.57 bits per heavy atom. The van der Waals surface area contributed by atoms with Crippen LogP contribution in [0.25, 0.3) is 10.9 Å². The van der Waals surface area contributed by atoms with E-state index in [1.54, 1.807) is 0 Å². The van der Waals surface area contributed by atoms with Gasteiger partial charge < -0.3 is 14.4 Å². The van der Waals surface area contributed by atoms with Crippen molar-refractivity contribution >= 4 is 10.9 Å². The molecule has 1 aromatic carbocycles. The van der Waals surface area contributed by atoms with Gasteiger partial charge in [-0.2, -0.15) is 0 Å². The molecule has 2 heterocycles. The Morgan fingerprint density at radius 1 is 1.05 bits per heavy atom. The zero-order chi connectivity index (χ0) is 14.8. The van der Waals surface area contributed by atoms with Gasteiger partial charge in [-0.15, -0.1) is 0 Å². The summed E-state index contributed by atoms with van der Waals surface area (Å²) in [6, 6.07) is 6.78. The lowest BCUT2D eigenvalue weighted by molar-refractivity contribution is 0.153. The summed E-state index contributed by atoms with van der Waals surface area (Å²) in [5.41, 5.74) is 4.22. The van der Waals surface area contributed by atoms with Gasteiger partial charge in [0, 0.05) is 50.3 Å². The first-order chi connectivity index (χ1) is 10.1. The lowest BCUT2D eigenvalue weighted by atomic mass is 10.1. The lowest BCUT2D eigenvalue weighted by Crippen LogP contribution is -2.44. The van der Waals surface area contributed by atoms with E-state index in [2.05, 4.69) is 59.8 Å². The summed E-state index contributed by atoms with van der Waals surface area (Å²) in [4.78, 5) is 5.03. The Kier molecular flexibility index (Phi) is 4.32. The molecule has 0 amide bonds. The van der Waals surface area contributed by atoms with Gasteiger partial charge in [0.1, 0.15) is 0 Å². The van der Waals surface area contributed by atoms with Crippen molar-refractivity contribution in [2.75, 3.05) is 39.8 Å². The lowest BCUT2D eigenvalue weighted by Gasteiger charge is -2.32. The van der Waals surface area contributed by atoms with Crippen LogP contribution in [-0.2, 0) is 13.5 Å². The van der Waals surface area contributed by atoms with Crippen molar-refractivity contribution < 1.29 is 0 Å². The Labute approximate surface area is 128 Å². The van der Waals surface area contributed by atoms with E-state index >= 15 is 0 Å². The van der Waals surface area contributed by atoms with Gasteiger partial charge in [0.05, 0.1) is 0 Å². The second-order valence-corrected chi connectivity index (χ2v) is 6.53. The summed E-state index contributed by atoms with van der Waals surface area (Å²) in [5, 5.41) is 1.44. The van der Waals surface area contributed by atoms with Crippen LogP contribution in [-0.4, -0.2) is 54.1 Å². The second kappa shape index (κ2) is 6.20. The molecular formula is C18H27N3. The average Bonchev–Trinajstić information content (AvgIpc) is 2.77. The van der Waals surface area contributed by atoms with E-state index < -0.39 is 0 Å². The van der Waals surface area contributed by atoms with Gasteiger partial charge in [-0.25, -0.2) is 0 Å². The second-order valence-electron chi connectivity index (χ2n) is 6.53. The highest BCUT2D eigenvalue weighted by atomic mass is 15.2. The van der Waals surface area contributed by atoms with Gasteiger partial charge in [-0.05, 0) is 51.1 Å². The van der Waals surface area contributed by atoms with Crippen LogP contribution in [0.4, 0.5) is 0 Å². The van der Waals surface area contributed by atoms with Crippen molar-refractivity contribution in [2.24, 2.45) is 7.05 Å². The standard InChI is InChI=1S/C18H27N3/c1-15-6-7-18-17(13-15)16(14-20(18)3)5-4-8-21-11-9-19(2)10-12-21/h6-7,13-14H,4-5,8-12H2,1-3H3. The minimum atomic E-state index is 1.19. The monoisotopic (exact) mass is 285 g/mol. The quantitative estimate of drug-likeness (QED) is 0.855. The molecule has 1 fully saturated rings. The molecule has 1 saturated heterocycles. The Morgan fingerprint density at radius 2 is 1.81 bits per heavy atom. The molecule has 0 bridgehead atoms. The molecule has 1 aromatic heterocycles. The first-order valence-corrected chi connectivity index (χ1v) is 8.09. The summed E-state index contributed by atoms with van der Waals surface area (Å²) in [5.74, 6) is 0. The number of piperazine rings is 1. The van der Waals surface area contributed by atoms with Gasteiger partial charge in [0.15, 0.2) is 0 Å². The van der Waals surface area contributed by atoms with Crippen LogP contribution < -0.4 is 0 Å². The normalized spacial score (nSPS) is 17.7. The molecule has 0 saturated carbocycles. The van der Waals surface area contributed by atoms with E-state index in [4.69, 9.17) is 0 Å². The van der Waals surface area contributed by atoms with Crippen molar-refractivity contribution in [1.29, 1.82) is 0 Å². The van der Waals surface area contributed by atoms with Crippen LogP contribution in [0.15, 0.2) is 24.4 Å². The molecule has 3 heteroatoms. The van der Waals surface area contributed by atoms with Crippen molar-refractivity contribution in [3.8, 4) is 0 Å². The van der Waals surface area contributed by atoms with Crippen LogP contribution in [0.5, 0.6) is 0 Å². The summed E-state index contributed by atoms with van der Waals surface area (Å²) in [7, 11) is 4.37. The van der Waals surface area contributed by atoms with Crippen molar-refractivity contribution in [3.05, 3.63) is 35.5 Å². The minimum absolute atomic E-state index is 1.19. The summed E-state index contributed by atoms with van der Waals surface area (Å²) in [6.45, 7) is 8.30. The third kappa shape index (κ3) is 3.30. The number of nitrogens with zero attached hydrogens (tertiary/aromatic N) is 3. The fraction of sp³-hybridized carbons (Fsp3) is 0.556. The van der Waals surface area contributed by atoms with Gasteiger partial charge in [0.2, 0.25) is 0 Å². The zero-order valence-electron chi connectivity index (χ0n) is 13.6. The fourth-order valence-corrected chi connectivity index (χ4v) is 3.35. The molecule has 114 valence electrons. The zero-order valence-corrected chi connectivity index (χ0v) is 13.6. The van der Waals surface area contributed by atoms with E-state index in [-0.39, 0.29) is 0 Å². The molecule has 21 heavy (non-hydrogen) atoms. The fourth-order valence-electron chi connectivity index (χ4n) is 3.35. The van der Waals surface area contributed by atoms with Crippen molar-refractivity contribution in [1.82, 2.24) is 14.4 Å².